The molecule has 1 unspecified atom stereocenters. The minimum absolute atomic E-state index is 0.0313. The maximum Gasteiger partial charge on any atom is 0.173 e. The lowest BCUT2D eigenvalue weighted by molar-refractivity contribution is -0.108. The molecule has 0 N–H and O–H groups in total. The van der Waals surface area contributed by atoms with Gasteiger partial charge in [0.15, 0.2) is 17.8 Å². The maximum atomic E-state index is 11.0. The summed E-state index contributed by atoms with van der Waals surface area (Å²) in [5.74, 6) is 0.884. The van der Waals surface area contributed by atoms with E-state index in [1.807, 2.05) is 6.92 Å². The van der Waals surface area contributed by atoms with Gasteiger partial charge in [0, 0.05) is 12.0 Å². The van der Waals surface area contributed by atoms with Gasteiger partial charge < -0.3 is 14.3 Å². The largest absolute Gasteiger partial charge is 0.486 e. The molecule has 1 heterocycles. The Bertz CT molecular complexity index is 484. The molecular weight excluding hydrogens is 256 g/mol. The Morgan fingerprint density at radius 3 is 2.61 bits per heavy atom. The molecule has 0 saturated carbocycles. The van der Waals surface area contributed by atoms with Gasteiger partial charge in [0.1, 0.15) is 19.5 Å². The van der Waals surface area contributed by atoms with Gasteiger partial charge in [-0.2, -0.15) is 0 Å². The van der Waals surface area contributed by atoms with E-state index in [1.54, 1.807) is 6.07 Å². The first-order valence-electron chi connectivity index (χ1n) is 5.69. The van der Waals surface area contributed by atoms with E-state index in [-0.39, 0.29) is 5.92 Å². The molecule has 5 heteroatoms. The number of halogens is 1. The van der Waals surface area contributed by atoms with Gasteiger partial charge in [-0.05, 0) is 12.0 Å². The van der Waals surface area contributed by atoms with Gasteiger partial charge in [-0.1, -0.05) is 18.5 Å². The second-order valence-corrected chi connectivity index (χ2v) is 4.54. The highest BCUT2D eigenvalue weighted by Gasteiger charge is 2.25. The van der Waals surface area contributed by atoms with Crippen LogP contribution < -0.4 is 9.47 Å². The summed E-state index contributed by atoms with van der Waals surface area (Å²) in [6, 6.07) is 1.67. The minimum atomic E-state index is -0.0313. The van der Waals surface area contributed by atoms with Crippen LogP contribution in [0.4, 0.5) is 0 Å². The Labute approximate surface area is 110 Å². The predicted molar refractivity (Wildman–Crippen MR) is 66.9 cm³/mol. The molecule has 0 saturated heterocycles. The van der Waals surface area contributed by atoms with Gasteiger partial charge in [0.2, 0.25) is 0 Å². The van der Waals surface area contributed by atoms with Crippen molar-refractivity contribution < 1.29 is 19.1 Å². The third kappa shape index (κ3) is 2.20. The molecular formula is C13H13ClO4. The number of carbonyl (C=O) groups is 2. The molecule has 0 fully saturated rings. The summed E-state index contributed by atoms with van der Waals surface area (Å²) >= 11 is 6.06. The van der Waals surface area contributed by atoms with Gasteiger partial charge in [-0.3, -0.25) is 4.79 Å². The van der Waals surface area contributed by atoms with Gasteiger partial charge in [0.25, 0.3) is 0 Å². The van der Waals surface area contributed by atoms with Crippen molar-refractivity contribution in [1.29, 1.82) is 0 Å². The number of hydrogen-bond donors (Lipinski definition) is 0. The van der Waals surface area contributed by atoms with Crippen molar-refractivity contribution in [2.24, 2.45) is 0 Å². The van der Waals surface area contributed by atoms with E-state index in [0.29, 0.717) is 48.0 Å². The molecule has 18 heavy (non-hydrogen) atoms. The van der Waals surface area contributed by atoms with E-state index in [2.05, 4.69) is 0 Å². The molecule has 1 aromatic rings. The zero-order chi connectivity index (χ0) is 13.1. The highest BCUT2D eigenvalue weighted by atomic mass is 35.5. The first kappa shape index (κ1) is 12.9. The monoisotopic (exact) mass is 268 g/mol. The zero-order valence-corrected chi connectivity index (χ0v) is 10.7. The lowest BCUT2D eigenvalue weighted by Gasteiger charge is -2.25. The number of hydrogen-bond acceptors (Lipinski definition) is 4. The Hall–Kier alpha value is -1.55. The molecule has 2 rings (SSSR count). The van der Waals surface area contributed by atoms with Crippen molar-refractivity contribution in [2.45, 2.75) is 19.3 Å². The molecule has 0 aromatic heterocycles. The summed E-state index contributed by atoms with van der Waals surface area (Å²) < 4.78 is 11.0. The normalized spacial score (nSPS) is 15.0. The second kappa shape index (κ2) is 5.40. The van der Waals surface area contributed by atoms with Crippen LogP contribution in [0.15, 0.2) is 6.07 Å². The molecule has 96 valence electrons. The van der Waals surface area contributed by atoms with Gasteiger partial charge in [0.05, 0.1) is 10.6 Å². The molecule has 1 aromatic carbocycles. The Morgan fingerprint density at radius 1 is 1.33 bits per heavy atom. The molecule has 0 aliphatic carbocycles. The Balaban J connectivity index is 2.57. The third-order valence-corrected chi connectivity index (χ3v) is 3.24. The first-order chi connectivity index (χ1) is 8.69. The summed E-state index contributed by atoms with van der Waals surface area (Å²) in [5.41, 5.74) is 1.10. The standard InChI is InChI=1S/C13H13ClO4/c1-8(2-3-15)9-6-11(14)10(7-16)13-12(9)17-4-5-18-13/h3,6-8H,2,4-5H2,1H3. The van der Waals surface area contributed by atoms with Gasteiger partial charge in [-0.15, -0.1) is 0 Å². The summed E-state index contributed by atoms with van der Waals surface area (Å²) in [6.45, 7) is 2.71. The van der Waals surface area contributed by atoms with E-state index in [4.69, 9.17) is 21.1 Å². The summed E-state index contributed by atoms with van der Waals surface area (Å²) in [4.78, 5) is 21.6. The van der Waals surface area contributed by atoms with Crippen LogP contribution in [0, 0.1) is 0 Å². The van der Waals surface area contributed by atoms with Crippen molar-refractivity contribution in [3.8, 4) is 11.5 Å². The van der Waals surface area contributed by atoms with E-state index in [9.17, 15) is 9.59 Å². The number of carbonyl (C=O) groups excluding carboxylic acids is 2. The summed E-state index contributed by atoms with van der Waals surface area (Å²) in [7, 11) is 0. The lowest BCUT2D eigenvalue weighted by Crippen LogP contribution is -2.18. The molecule has 1 atom stereocenters. The van der Waals surface area contributed by atoms with E-state index < -0.39 is 0 Å². The van der Waals surface area contributed by atoms with E-state index in [0.717, 1.165) is 11.8 Å². The number of rotatable bonds is 4. The fourth-order valence-electron chi connectivity index (χ4n) is 1.97. The van der Waals surface area contributed by atoms with Crippen molar-refractivity contribution in [3.05, 3.63) is 22.2 Å². The zero-order valence-electron chi connectivity index (χ0n) is 9.94. The summed E-state index contributed by atoms with van der Waals surface area (Å²) in [6.07, 6.45) is 1.87. The maximum absolute atomic E-state index is 11.0. The fourth-order valence-corrected chi connectivity index (χ4v) is 2.22. The van der Waals surface area contributed by atoms with Crippen LogP contribution in [-0.4, -0.2) is 25.8 Å². The topological polar surface area (TPSA) is 52.6 Å². The van der Waals surface area contributed by atoms with E-state index >= 15 is 0 Å². The summed E-state index contributed by atoms with van der Waals surface area (Å²) in [5, 5.41) is 0.321. The average molecular weight is 269 g/mol. The van der Waals surface area contributed by atoms with Crippen molar-refractivity contribution in [3.63, 3.8) is 0 Å². The molecule has 0 radical (unpaired) electrons. The van der Waals surface area contributed by atoms with Crippen LogP contribution in [0.3, 0.4) is 0 Å². The highest BCUT2D eigenvalue weighted by Crippen LogP contribution is 2.43. The van der Waals surface area contributed by atoms with Crippen LogP contribution >= 0.6 is 11.6 Å². The fraction of sp³-hybridized carbons (Fsp3) is 0.385. The SMILES string of the molecule is CC(CC=O)c1cc(Cl)c(C=O)c2c1OCCO2. The molecule has 4 nitrogen and oxygen atoms in total. The van der Waals surface area contributed by atoms with Crippen molar-refractivity contribution in [1.82, 2.24) is 0 Å². The van der Waals surface area contributed by atoms with Crippen LogP contribution in [0.1, 0.15) is 35.2 Å². The Kier molecular flexibility index (Phi) is 3.87. The van der Waals surface area contributed by atoms with E-state index in [1.165, 1.54) is 0 Å². The first-order valence-corrected chi connectivity index (χ1v) is 6.07. The molecule has 0 bridgehead atoms. The van der Waals surface area contributed by atoms with Crippen LogP contribution in [-0.2, 0) is 4.79 Å². The van der Waals surface area contributed by atoms with Crippen LogP contribution in [0.25, 0.3) is 0 Å². The average Bonchev–Trinajstić information content (AvgIpc) is 2.38. The molecule has 1 aliphatic heterocycles. The Morgan fingerprint density at radius 2 is 2.00 bits per heavy atom. The number of ether oxygens (including phenoxy) is 2. The number of aldehydes is 2. The quantitative estimate of drug-likeness (QED) is 0.788. The van der Waals surface area contributed by atoms with Crippen molar-refractivity contribution >= 4 is 24.2 Å². The van der Waals surface area contributed by atoms with Crippen LogP contribution in [0.2, 0.25) is 5.02 Å². The molecule has 1 aliphatic rings. The predicted octanol–water partition coefficient (Wildman–Crippen LogP) is 2.62. The molecule has 0 amide bonds. The van der Waals surface area contributed by atoms with Gasteiger partial charge >= 0.3 is 0 Å². The smallest absolute Gasteiger partial charge is 0.173 e. The lowest BCUT2D eigenvalue weighted by atomic mass is 9.95. The number of fused-ring (bicyclic) bond motifs is 1. The van der Waals surface area contributed by atoms with Crippen LogP contribution in [0.5, 0.6) is 11.5 Å². The number of benzene rings is 1. The van der Waals surface area contributed by atoms with Gasteiger partial charge in [-0.25, -0.2) is 0 Å². The second-order valence-electron chi connectivity index (χ2n) is 4.14. The minimum Gasteiger partial charge on any atom is -0.486 e. The van der Waals surface area contributed by atoms with Crippen molar-refractivity contribution in [2.75, 3.05) is 13.2 Å². The highest BCUT2D eigenvalue weighted by molar-refractivity contribution is 6.33. The molecule has 0 spiro atoms. The third-order valence-electron chi connectivity index (χ3n) is 2.93.